The number of nitrogens with one attached hydrogen (secondary N) is 1. The standard InChI is InChI=1S/C34H42ClN7O4/c1-33(2,3)46-32(43)42-21-34(4,5)24-17-22(16-23(20-36)30(24)42)26-8-9-37-31(38-26)39-27-18-25(35)28(19-29(27)44-7)45-15-14-41-12-10-40(6)11-13-41/h8-9,16-19H,10-15,21H2,1-7H3,(H,37,38,39). The SMILES string of the molecule is COc1cc(OCCN2CCN(C)CC2)c(Cl)cc1Nc1nccc(-c2cc(C#N)c3c(c2)C(C)(C)CN3C(=O)OC(C)(C)C)n1. The van der Waals surface area contributed by atoms with Crippen molar-refractivity contribution in [2.75, 3.05) is 70.2 Å². The number of piperazine rings is 1. The van der Waals surface area contributed by atoms with E-state index in [9.17, 15) is 10.1 Å². The topological polar surface area (TPSA) is 116 Å². The van der Waals surface area contributed by atoms with Gasteiger partial charge in [-0.2, -0.15) is 5.26 Å². The highest BCUT2D eigenvalue weighted by Crippen LogP contribution is 2.45. The molecule has 2 aliphatic rings. The summed E-state index contributed by atoms with van der Waals surface area (Å²) in [7, 11) is 3.72. The van der Waals surface area contributed by atoms with Crippen LogP contribution in [0.1, 0.15) is 45.7 Å². The van der Waals surface area contributed by atoms with Crippen molar-refractivity contribution in [2.45, 2.75) is 45.6 Å². The second-order valence-corrected chi connectivity index (χ2v) is 13.8. The fourth-order valence-corrected chi connectivity index (χ4v) is 5.89. The third kappa shape index (κ3) is 7.47. The van der Waals surface area contributed by atoms with E-state index in [0.29, 0.717) is 58.3 Å². The molecule has 0 aliphatic carbocycles. The van der Waals surface area contributed by atoms with Gasteiger partial charge in [-0.05, 0) is 57.6 Å². The summed E-state index contributed by atoms with van der Waals surface area (Å²) in [5.41, 5.74) is 2.66. The van der Waals surface area contributed by atoms with Gasteiger partial charge in [0.05, 0.1) is 34.8 Å². The number of methoxy groups -OCH3 is 1. The second-order valence-electron chi connectivity index (χ2n) is 13.3. The van der Waals surface area contributed by atoms with Gasteiger partial charge in [0.25, 0.3) is 0 Å². The van der Waals surface area contributed by atoms with Crippen LogP contribution in [0.15, 0.2) is 36.5 Å². The molecule has 1 amide bonds. The molecule has 46 heavy (non-hydrogen) atoms. The maximum absolute atomic E-state index is 13.1. The molecule has 0 spiro atoms. The quantitative estimate of drug-likeness (QED) is 0.308. The number of carbonyl (C=O) groups excluding carboxylic acids is 1. The zero-order valence-corrected chi connectivity index (χ0v) is 28.4. The lowest BCUT2D eigenvalue weighted by Gasteiger charge is -2.32. The maximum Gasteiger partial charge on any atom is 0.414 e. The van der Waals surface area contributed by atoms with Crippen molar-refractivity contribution in [2.24, 2.45) is 0 Å². The predicted octanol–water partition coefficient (Wildman–Crippen LogP) is 6.08. The Morgan fingerprint density at radius 2 is 1.87 bits per heavy atom. The van der Waals surface area contributed by atoms with E-state index in [2.05, 4.69) is 33.2 Å². The van der Waals surface area contributed by atoms with E-state index < -0.39 is 17.1 Å². The van der Waals surface area contributed by atoms with Gasteiger partial charge in [0, 0.05) is 62.5 Å². The van der Waals surface area contributed by atoms with Crippen LogP contribution in [-0.4, -0.2) is 91.5 Å². The molecule has 0 saturated carbocycles. The smallest absolute Gasteiger partial charge is 0.414 e. The van der Waals surface area contributed by atoms with Crippen molar-refractivity contribution in [3.8, 4) is 28.8 Å². The van der Waals surface area contributed by atoms with Crippen LogP contribution in [0.4, 0.5) is 22.1 Å². The number of likely N-dealkylation sites (N-methyl/N-ethyl adjacent to an activating group) is 1. The van der Waals surface area contributed by atoms with Gasteiger partial charge in [-0.25, -0.2) is 14.8 Å². The van der Waals surface area contributed by atoms with E-state index in [4.69, 9.17) is 30.8 Å². The molecule has 11 nitrogen and oxygen atoms in total. The largest absolute Gasteiger partial charge is 0.494 e. The summed E-state index contributed by atoms with van der Waals surface area (Å²) in [6.45, 7) is 15.4. The van der Waals surface area contributed by atoms with Crippen LogP contribution >= 0.6 is 11.6 Å². The third-order valence-corrected chi connectivity index (χ3v) is 8.40. The molecule has 0 radical (unpaired) electrons. The Kier molecular flexibility index (Phi) is 9.63. The van der Waals surface area contributed by atoms with Gasteiger partial charge in [0.2, 0.25) is 5.95 Å². The lowest BCUT2D eigenvalue weighted by Crippen LogP contribution is -2.45. The van der Waals surface area contributed by atoms with Crippen LogP contribution in [0, 0.1) is 11.3 Å². The van der Waals surface area contributed by atoms with Gasteiger partial charge < -0.3 is 24.4 Å². The van der Waals surface area contributed by atoms with Crippen molar-refractivity contribution in [1.82, 2.24) is 19.8 Å². The number of aromatic nitrogens is 2. The summed E-state index contributed by atoms with van der Waals surface area (Å²) in [5, 5.41) is 13.8. The number of hydrogen-bond donors (Lipinski definition) is 1. The van der Waals surface area contributed by atoms with E-state index in [1.807, 2.05) is 40.7 Å². The number of anilines is 3. The minimum atomic E-state index is -0.661. The Labute approximate surface area is 276 Å². The second kappa shape index (κ2) is 13.3. The summed E-state index contributed by atoms with van der Waals surface area (Å²) in [6, 6.07) is 11.3. The first-order valence-corrected chi connectivity index (χ1v) is 15.8. The van der Waals surface area contributed by atoms with Crippen LogP contribution in [0.5, 0.6) is 11.5 Å². The molecular formula is C34H42ClN7O4. The summed E-state index contributed by atoms with van der Waals surface area (Å²) in [4.78, 5) is 28.5. The first kappa shape index (κ1) is 33.3. The fourth-order valence-electron chi connectivity index (χ4n) is 5.67. The molecule has 0 atom stereocenters. The molecule has 5 rings (SSSR count). The molecule has 0 unspecified atom stereocenters. The van der Waals surface area contributed by atoms with Crippen molar-refractivity contribution in [1.29, 1.82) is 5.26 Å². The number of halogens is 1. The average molecular weight is 648 g/mol. The van der Waals surface area contributed by atoms with Gasteiger partial charge in [-0.1, -0.05) is 25.4 Å². The Bertz CT molecular complexity index is 1640. The van der Waals surface area contributed by atoms with Crippen molar-refractivity contribution >= 4 is 35.0 Å². The Morgan fingerprint density at radius 1 is 1.13 bits per heavy atom. The summed E-state index contributed by atoms with van der Waals surface area (Å²) in [6.07, 6.45) is 1.17. The molecule has 0 bridgehead atoms. The summed E-state index contributed by atoms with van der Waals surface area (Å²) < 4.78 is 17.3. The molecule has 244 valence electrons. The monoisotopic (exact) mass is 647 g/mol. The highest BCUT2D eigenvalue weighted by atomic mass is 35.5. The first-order chi connectivity index (χ1) is 21.8. The predicted molar refractivity (Wildman–Crippen MR) is 180 cm³/mol. The Balaban J connectivity index is 1.36. The van der Waals surface area contributed by atoms with E-state index in [-0.39, 0.29) is 0 Å². The van der Waals surface area contributed by atoms with Crippen molar-refractivity contribution < 1.29 is 19.0 Å². The summed E-state index contributed by atoms with van der Waals surface area (Å²) >= 11 is 6.63. The Morgan fingerprint density at radius 3 is 2.54 bits per heavy atom. The zero-order valence-electron chi connectivity index (χ0n) is 27.6. The molecule has 2 aliphatic heterocycles. The molecule has 12 heteroatoms. The molecule has 3 heterocycles. The fraction of sp³-hybridized carbons (Fsp3) is 0.471. The highest BCUT2D eigenvalue weighted by Gasteiger charge is 2.42. The minimum absolute atomic E-state index is 0.323. The number of nitriles is 1. The van der Waals surface area contributed by atoms with Gasteiger partial charge in [-0.3, -0.25) is 9.80 Å². The van der Waals surface area contributed by atoms with Crippen LogP contribution in [0.3, 0.4) is 0 Å². The molecule has 1 fully saturated rings. The Hall–Kier alpha value is -4.11. The molecular weight excluding hydrogens is 606 g/mol. The number of benzene rings is 2. The lowest BCUT2D eigenvalue weighted by molar-refractivity contribution is 0.0579. The normalized spacial score (nSPS) is 16.5. The van der Waals surface area contributed by atoms with Crippen LogP contribution in [0.25, 0.3) is 11.3 Å². The number of hydrogen-bond acceptors (Lipinski definition) is 10. The number of ether oxygens (including phenoxy) is 3. The zero-order chi connectivity index (χ0) is 33.2. The highest BCUT2D eigenvalue weighted by molar-refractivity contribution is 6.32. The number of nitrogens with zero attached hydrogens (tertiary/aromatic N) is 6. The van der Waals surface area contributed by atoms with Crippen LogP contribution in [0.2, 0.25) is 5.02 Å². The molecule has 3 aromatic rings. The number of fused-ring (bicyclic) bond motifs is 1. The molecule has 1 aromatic heterocycles. The van der Waals surface area contributed by atoms with E-state index >= 15 is 0 Å². The molecule has 2 aromatic carbocycles. The van der Waals surface area contributed by atoms with E-state index in [0.717, 1.165) is 43.9 Å². The average Bonchev–Trinajstić information content (AvgIpc) is 3.28. The van der Waals surface area contributed by atoms with Gasteiger partial charge in [0.15, 0.2) is 0 Å². The third-order valence-electron chi connectivity index (χ3n) is 8.11. The van der Waals surface area contributed by atoms with Crippen molar-refractivity contribution in [3.05, 3.63) is 52.7 Å². The van der Waals surface area contributed by atoms with Crippen LogP contribution in [-0.2, 0) is 10.2 Å². The number of amides is 1. The number of carbonyl (C=O) groups is 1. The first-order valence-electron chi connectivity index (χ1n) is 15.4. The van der Waals surface area contributed by atoms with Crippen molar-refractivity contribution in [3.63, 3.8) is 0 Å². The lowest BCUT2D eigenvalue weighted by atomic mass is 9.85. The van der Waals surface area contributed by atoms with E-state index in [1.54, 1.807) is 42.5 Å². The molecule has 1 saturated heterocycles. The van der Waals surface area contributed by atoms with Gasteiger partial charge >= 0.3 is 6.09 Å². The van der Waals surface area contributed by atoms with Crippen LogP contribution < -0.4 is 19.7 Å². The number of rotatable bonds is 8. The minimum Gasteiger partial charge on any atom is -0.494 e. The van der Waals surface area contributed by atoms with Gasteiger partial charge in [-0.15, -0.1) is 0 Å². The maximum atomic E-state index is 13.1. The van der Waals surface area contributed by atoms with E-state index in [1.165, 1.54) is 0 Å². The summed E-state index contributed by atoms with van der Waals surface area (Å²) in [5.74, 6) is 1.39. The van der Waals surface area contributed by atoms with Gasteiger partial charge in [0.1, 0.15) is 29.8 Å². The molecule has 1 N–H and O–H groups in total.